The van der Waals surface area contributed by atoms with Crippen molar-refractivity contribution in [3.63, 3.8) is 0 Å². The molecule has 1 rings (SSSR count). The fourth-order valence-corrected chi connectivity index (χ4v) is 1.68. The largest absolute Gasteiger partial charge is 0.396 e. The third kappa shape index (κ3) is 3.78. The third-order valence-electron chi connectivity index (χ3n) is 2.67. The number of amides is 1. The molecule has 1 aromatic carbocycles. The molecule has 0 saturated carbocycles. The van der Waals surface area contributed by atoms with Crippen LogP contribution >= 0.6 is 15.9 Å². The average Bonchev–Trinajstić information content (AvgIpc) is 2.30. The zero-order chi connectivity index (χ0) is 13.0. The predicted molar refractivity (Wildman–Crippen MR) is 67.3 cm³/mol. The summed E-state index contributed by atoms with van der Waals surface area (Å²) < 4.78 is 13.6. The second kappa shape index (κ2) is 6.12. The first kappa shape index (κ1) is 14.1. The van der Waals surface area contributed by atoms with Crippen LogP contribution in [0.4, 0.5) is 4.39 Å². The lowest BCUT2D eigenvalue weighted by Crippen LogP contribution is -2.38. The van der Waals surface area contributed by atoms with Crippen LogP contribution in [0.15, 0.2) is 22.7 Å². The van der Waals surface area contributed by atoms with E-state index in [1.54, 1.807) is 6.92 Å². The maximum absolute atomic E-state index is 13.0. The summed E-state index contributed by atoms with van der Waals surface area (Å²) in [5.74, 6) is -0.864. The van der Waals surface area contributed by atoms with Gasteiger partial charge in [0.2, 0.25) is 0 Å². The zero-order valence-corrected chi connectivity index (χ0v) is 11.3. The SMILES string of the molecule is CC(CO)C(C)NC(=O)c1cc(F)ccc1Br. The van der Waals surface area contributed by atoms with E-state index in [0.717, 1.165) is 0 Å². The van der Waals surface area contributed by atoms with E-state index in [0.29, 0.717) is 4.47 Å². The molecule has 0 fully saturated rings. The van der Waals surface area contributed by atoms with E-state index < -0.39 is 5.82 Å². The standard InChI is InChI=1S/C12H15BrFNO2/c1-7(6-16)8(2)15-12(17)10-5-9(14)3-4-11(10)13/h3-5,7-8,16H,6H2,1-2H3,(H,15,17). The molecule has 0 heterocycles. The quantitative estimate of drug-likeness (QED) is 0.897. The Bertz CT molecular complexity index is 411. The summed E-state index contributed by atoms with van der Waals surface area (Å²) in [5, 5.41) is 11.7. The van der Waals surface area contributed by atoms with Crippen LogP contribution < -0.4 is 5.32 Å². The van der Waals surface area contributed by atoms with E-state index in [9.17, 15) is 9.18 Å². The number of halogens is 2. The number of aliphatic hydroxyl groups excluding tert-OH is 1. The summed E-state index contributed by atoms with van der Waals surface area (Å²) in [6, 6.07) is 3.77. The van der Waals surface area contributed by atoms with Crippen molar-refractivity contribution in [1.82, 2.24) is 5.32 Å². The average molecular weight is 304 g/mol. The molecule has 0 bridgehead atoms. The number of nitrogens with one attached hydrogen (secondary N) is 1. The second-order valence-electron chi connectivity index (χ2n) is 4.05. The molecule has 1 aromatic rings. The van der Waals surface area contributed by atoms with Gasteiger partial charge in [0.05, 0.1) is 5.56 Å². The van der Waals surface area contributed by atoms with Crippen LogP contribution in [0, 0.1) is 11.7 Å². The van der Waals surface area contributed by atoms with E-state index in [4.69, 9.17) is 5.11 Å². The van der Waals surface area contributed by atoms with Crippen molar-refractivity contribution in [1.29, 1.82) is 0 Å². The Labute approximate surface area is 108 Å². The first-order valence-electron chi connectivity index (χ1n) is 5.32. The highest BCUT2D eigenvalue weighted by atomic mass is 79.9. The summed E-state index contributed by atoms with van der Waals surface area (Å²) >= 11 is 3.20. The normalized spacial score (nSPS) is 14.2. The van der Waals surface area contributed by atoms with Crippen molar-refractivity contribution in [2.45, 2.75) is 19.9 Å². The highest BCUT2D eigenvalue weighted by Gasteiger charge is 2.17. The van der Waals surface area contributed by atoms with Crippen LogP contribution in [0.2, 0.25) is 0 Å². The van der Waals surface area contributed by atoms with Crippen LogP contribution in [0.5, 0.6) is 0 Å². The summed E-state index contributed by atoms with van der Waals surface area (Å²) in [4.78, 5) is 11.9. The number of carbonyl (C=O) groups is 1. The van der Waals surface area contributed by atoms with Gasteiger partial charge in [0.15, 0.2) is 0 Å². The minimum atomic E-state index is -0.457. The van der Waals surface area contributed by atoms with Crippen molar-refractivity contribution >= 4 is 21.8 Å². The summed E-state index contributed by atoms with van der Waals surface area (Å²) in [6.45, 7) is 3.61. The number of carbonyl (C=O) groups excluding carboxylic acids is 1. The second-order valence-corrected chi connectivity index (χ2v) is 4.90. The van der Waals surface area contributed by atoms with Crippen LogP contribution in [0.25, 0.3) is 0 Å². The first-order valence-corrected chi connectivity index (χ1v) is 6.11. The Morgan fingerprint density at radius 2 is 2.18 bits per heavy atom. The molecule has 0 saturated heterocycles. The maximum Gasteiger partial charge on any atom is 0.252 e. The molecule has 0 radical (unpaired) electrons. The molecule has 2 N–H and O–H groups in total. The fourth-order valence-electron chi connectivity index (χ4n) is 1.26. The molecular formula is C12H15BrFNO2. The monoisotopic (exact) mass is 303 g/mol. The highest BCUT2D eigenvalue weighted by molar-refractivity contribution is 9.10. The van der Waals surface area contributed by atoms with Gasteiger partial charge in [0.1, 0.15) is 5.82 Å². The van der Waals surface area contributed by atoms with Crippen LogP contribution in [0.1, 0.15) is 24.2 Å². The lowest BCUT2D eigenvalue weighted by Gasteiger charge is -2.19. The van der Waals surface area contributed by atoms with E-state index in [-0.39, 0.29) is 30.0 Å². The molecular weight excluding hydrogens is 289 g/mol. The van der Waals surface area contributed by atoms with Crippen molar-refractivity contribution in [3.05, 3.63) is 34.1 Å². The minimum absolute atomic E-state index is 0.00817. The number of benzene rings is 1. The van der Waals surface area contributed by atoms with E-state index in [1.165, 1.54) is 18.2 Å². The van der Waals surface area contributed by atoms with Gasteiger partial charge in [-0.2, -0.15) is 0 Å². The summed E-state index contributed by atoms with van der Waals surface area (Å²) in [5.41, 5.74) is 0.252. The summed E-state index contributed by atoms with van der Waals surface area (Å²) in [6.07, 6.45) is 0. The van der Waals surface area contributed by atoms with Crippen LogP contribution in [0.3, 0.4) is 0 Å². The van der Waals surface area contributed by atoms with Gasteiger partial charge in [0.25, 0.3) is 5.91 Å². The molecule has 0 aromatic heterocycles. The molecule has 5 heteroatoms. The molecule has 17 heavy (non-hydrogen) atoms. The van der Waals surface area contributed by atoms with Gasteiger partial charge in [-0.25, -0.2) is 4.39 Å². The molecule has 1 amide bonds. The Kier molecular flexibility index (Phi) is 5.08. The first-order chi connectivity index (χ1) is 7.95. The molecule has 94 valence electrons. The van der Waals surface area contributed by atoms with Crippen molar-refractivity contribution < 1.29 is 14.3 Å². The van der Waals surface area contributed by atoms with Gasteiger partial charge in [-0.3, -0.25) is 4.79 Å². The molecule has 0 spiro atoms. The number of rotatable bonds is 4. The Morgan fingerprint density at radius 3 is 2.76 bits per heavy atom. The number of hydrogen-bond donors (Lipinski definition) is 2. The van der Waals surface area contributed by atoms with Crippen LogP contribution in [-0.2, 0) is 0 Å². The Balaban J connectivity index is 2.79. The van der Waals surface area contributed by atoms with E-state index in [2.05, 4.69) is 21.2 Å². The van der Waals surface area contributed by atoms with Gasteiger partial charge in [-0.1, -0.05) is 6.92 Å². The highest BCUT2D eigenvalue weighted by Crippen LogP contribution is 2.18. The van der Waals surface area contributed by atoms with Gasteiger partial charge in [0, 0.05) is 17.1 Å². The molecule has 0 aliphatic heterocycles. The van der Waals surface area contributed by atoms with E-state index in [1.807, 2.05) is 6.92 Å². The number of hydrogen-bond acceptors (Lipinski definition) is 2. The van der Waals surface area contributed by atoms with Gasteiger partial charge in [-0.15, -0.1) is 0 Å². The topological polar surface area (TPSA) is 49.3 Å². The van der Waals surface area contributed by atoms with Crippen LogP contribution in [-0.4, -0.2) is 23.7 Å². The zero-order valence-electron chi connectivity index (χ0n) is 9.71. The van der Waals surface area contributed by atoms with Gasteiger partial charge < -0.3 is 10.4 Å². The lowest BCUT2D eigenvalue weighted by atomic mass is 10.0. The Hall–Kier alpha value is -0.940. The van der Waals surface area contributed by atoms with Gasteiger partial charge >= 0.3 is 0 Å². The van der Waals surface area contributed by atoms with Crippen molar-refractivity contribution in [2.75, 3.05) is 6.61 Å². The van der Waals surface area contributed by atoms with Crippen molar-refractivity contribution in [2.24, 2.45) is 5.92 Å². The van der Waals surface area contributed by atoms with E-state index >= 15 is 0 Å². The predicted octanol–water partition coefficient (Wildman–Crippen LogP) is 2.33. The number of aliphatic hydroxyl groups is 1. The molecule has 0 aliphatic carbocycles. The molecule has 3 nitrogen and oxygen atoms in total. The summed E-state index contributed by atoms with van der Waals surface area (Å²) in [7, 11) is 0. The lowest BCUT2D eigenvalue weighted by molar-refractivity contribution is 0.0915. The minimum Gasteiger partial charge on any atom is -0.396 e. The van der Waals surface area contributed by atoms with Crippen molar-refractivity contribution in [3.8, 4) is 0 Å². The molecule has 2 unspecified atom stereocenters. The molecule has 0 aliphatic rings. The maximum atomic E-state index is 13.0. The third-order valence-corrected chi connectivity index (χ3v) is 3.36. The fraction of sp³-hybridized carbons (Fsp3) is 0.417. The Morgan fingerprint density at radius 1 is 1.53 bits per heavy atom. The molecule has 2 atom stereocenters. The smallest absolute Gasteiger partial charge is 0.252 e. The van der Waals surface area contributed by atoms with Gasteiger partial charge in [-0.05, 0) is 47.0 Å².